The van der Waals surface area contributed by atoms with Crippen molar-refractivity contribution in [1.82, 2.24) is 9.55 Å². The van der Waals surface area contributed by atoms with Crippen LogP contribution in [-0.4, -0.2) is 20.6 Å². The summed E-state index contributed by atoms with van der Waals surface area (Å²) in [5.74, 6) is -0.570. The summed E-state index contributed by atoms with van der Waals surface area (Å²) in [6.07, 6.45) is 1.22. The topological polar surface area (TPSA) is 72.2 Å². The zero-order valence-electron chi connectivity index (χ0n) is 14.8. The highest BCUT2D eigenvalue weighted by Gasteiger charge is 2.16. The molecule has 2 aromatic carbocycles. The second-order valence-corrected chi connectivity index (χ2v) is 7.53. The number of nitrogens with zero attached hydrogens (tertiary/aromatic N) is 2. The lowest BCUT2D eigenvalue weighted by Gasteiger charge is -2.12. The Morgan fingerprint density at radius 1 is 1.15 bits per heavy atom. The lowest BCUT2D eigenvalue weighted by atomic mass is 10.0. The third-order valence-electron chi connectivity index (χ3n) is 4.65. The molecule has 0 aliphatic carbocycles. The minimum atomic E-state index is -1.05. The van der Waals surface area contributed by atoms with Crippen LogP contribution in [0.4, 0.5) is 0 Å². The number of aryl methyl sites for hydroxylation is 1. The molecular weight excluding hydrogens is 360 g/mol. The van der Waals surface area contributed by atoms with Crippen molar-refractivity contribution >= 4 is 38.3 Å². The van der Waals surface area contributed by atoms with Crippen molar-refractivity contribution in [2.24, 2.45) is 0 Å². The van der Waals surface area contributed by atoms with Crippen LogP contribution in [0.3, 0.4) is 0 Å². The summed E-state index contributed by atoms with van der Waals surface area (Å²) in [5.41, 5.74) is 0.736. The Morgan fingerprint density at radius 2 is 1.93 bits per heavy atom. The summed E-state index contributed by atoms with van der Waals surface area (Å²) in [5, 5.41) is 12.0. The Kier molecular flexibility index (Phi) is 4.49. The summed E-state index contributed by atoms with van der Waals surface area (Å²) < 4.78 is 1.29. The number of aliphatic carboxylic acids is 1. The third-order valence-corrected chi connectivity index (χ3v) is 5.82. The Hall–Kier alpha value is -2.99. The molecule has 1 N–H and O–H groups in total. The summed E-state index contributed by atoms with van der Waals surface area (Å²) >= 11 is 1.50. The molecule has 0 fully saturated rings. The predicted octanol–water partition coefficient (Wildman–Crippen LogP) is 3.85. The van der Waals surface area contributed by atoms with E-state index in [4.69, 9.17) is 0 Å². The minimum absolute atomic E-state index is 0.284. The van der Waals surface area contributed by atoms with E-state index in [0.717, 1.165) is 27.6 Å². The highest BCUT2D eigenvalue weighted by atomic mass is 32.1. The maximum absolute atomic E-state index is 12.9. The van der Waals surface area contributed by atoms with E-state index in [1.54, 1.807) is 0 Å². The van der Waals surface area contributed by atoms with Crippen molar-refractivity contribution in [2.75, 3.05) is 0 Å². The van der Waals surface area contributed by atoms with Crippen LogP contribution in [0.15, 0.2) is 53.3 Å². The number of aromatic nitrogens is 2. The second-order valence-electron chi connectivity index (χ2n) is 6.41. The first-order valence-electron chi connectivity index (χ1n) is 8.77. The molecule has 0 saturated heterocycles. The molecule has 0 radical (unpaired) electrons. The van der Waals surface area contributed by atoms with Crippen LogP contribution >= 0.6 is 11.3 Å². The van der Waals surface area contributed by atoms with E-state index in [-0.39, 0.29) is 12.1 Å². The van der Waals surface area contributed by atoms with Crippen LogP contribution in [-0.2, 0) is 24.2 Å². The first kappa shape index (κ1) is 17.4. The Morgan fingerprint density at radius 3 is 2.70 bits per heavy atom. The molecule has 0 amide bonds. The van der Waals surface area contributed by atoms with E-state index in [1.807, 2.05) is 55.5 Å². The molecule has 4 aromatic rings. The number of benzene rings is 2. The van der Waals surface area contributed by atoms with Gasteiger partial charge >= 0.3 is 5.97 Å². The van der Waals surface area contributed by atoms with Crippen molar-refractivity contribution < 1.29 is 9.90 Å². The molecular formula is C21H18N2O3S. The molecule has 4 rings (SSSR count). The van der Waals surface area contributed by atoms with Gasteiger partial charge in [-0.25, -0.2) is 4.98 Å². The van der Waals surface area contributed by atoms with Crippen molar-refractivity contribution in [3.8, 4) is 0 Å². The number of carboxylic acids is 1. The van der Waals surface area contributed by atoms with Gasteiger partial charge in [-0.1, -0.05) is 49.4 Å². The smallest absolute Gasteiger partial charge is 0.323 e. The average Bonchev–Trinajstić information content (AvgIpc) is 3.08. The first-order valence-corrected chi connectivity index (χ1v) is 9.59. The Bertz CT molecular complexity index is 1220. The standard InChI is InChI=1S/C21H18N2O3S/c1-2-15-11-17-20(27-15)22-18(23(21(17)26)12-19(24)25)10-14-8-5-7-13-6-3-4-9-16(13)14/h3-9,11H,2,10,12H2,1H3,(H,24,25). The number of carboxylic acid groups (broad SMARTS) is 1. The minimum Gasteiger partial charge on any atom is -0.480 e. The molecule has 0 spiro atoms. The van der Waals surface area contributed by atoms with Gasteiger partial charge < -0.3 is 5.11 Å². The molecule has 0 saturated carbocycles. The summed E-state index contributed by atoms with van der Waals surface area (Å²) in [7, 11) is 0. The second kappa shape index (κ2) is 6.96. The van der Waals surface area contributed by atoms with Crippen molar-refractivity contribution in [3.05, 3.63) is 75.1 Å². The van der Waals surface area contributed by atoms with Crippen molar-refractivity contribution in [3.63, 3.8) is 0 Å². The quantitative estimate of drug-likeness (QED) is 0.573. The van der Waals surface area contributed by atoms with Crippen molar-refractivity contribution in [1.29, 1.82) is 0 Å². The molecule has 27 heavy (non-hydrogen) atoms. The van der Waals surface area contributed by atoms with E-state index >= 15 is 0 Å². The lowest BCUT2D eigenvalue weighted by molar-refractivity contribution is -0.137. The monoisotopic (exact) mass is 378 g/mol. The van der Waals surface area contributed by atoms with E-state index in [1.165, 1.54) is 15.9 Å². The molecule has 0 aliphatic heterocycles. The van der Waals surface area contributed by atoms with Gasteiger partial charge in [0.25, 0.3) is 5.56 Å². The van der Waals surface area contributed by atoms with Crippen LogP contribution in [0, 0.1) is 0 Å². The van der Waals surface area contributed by atoms with E-state index in [0.29, 0.717) is 22.5 Å². The third kappa shape index (κ3) is 3.24. The van der Waals surface area contributed by atoms with Gasteiger partial charge in [-0.2, -0.15) is 0 Å². The Labute approximate surface area is 159 Å². The number of hydrogen-bond donors (Lipinski definition) is 1. The summed E-state index contributed by atoms with van der Waals surface area (Å²) in [6, 6.07) is 15.8. The molecule has 2 heterocycles. The van der Waals surface area contributed by atoms with Gasteiger partial charge in [-0.15, -0.1) is 11.3 Å². The maximum atomic E-state index is 12.9. The molecule has 6 heteroatoms. The largest absolute Gasteiger partial charge is 0.480 e. The van der Waals surface area contributed by atoms with Gasteiger partial charge in [0.1, 0.15) is 17.2 Å². The molecule has 2 aromatic heterocycles. The van der Waals surface area contributed by atoms with Gasteiger partial charge in [0, 0.05) is 11.3 Å². The zero-order valence-corrected chi connectivity index (χ0v) is 15.6. The number of carbonyl (C=O) groups is 1. The molecule has 0 aliphatic rings. The Balaban J connectivity index is 1.91. The molecule has 0 bridgehead atoms. The van der Waals surface area contributed by atoms with Gasteiger partial charge in [-0.05, 0) is 28.8 Å². The predicted molar refractivity (Wildman–Crippen MR) is 108 cm³/mol. The highest BCUT2D eigenvalue weighted by Crippen LogP contribution is 2.24. The maximum Gasteiger partial charge on any atom is 0.323 e. The fourth-order valence-corrected chi connectivity index (χ4v) is 4.31. The normalized spacial score (nSPS) is 11.3. The fraction of sp³-hybridized carbons (Fsp3) is 0.190. The van der Waals surface area contributed by atoms with Gasteiger partial charge in [0.05, 0.1) is 5.39 Å². The van der Waals surface area contributed by atoms with Crippen LogP contribution in [0.1, 0.15) is 23.2 Å². The van der Waals surface area contributed by atoms with Crippen LogP contribution in [0.25, 0.3) is 21.0 Å². The van der Waals surface area contributed by atoms with Crippen LogP contribution in [0.5, 0.6) is 0 Å². The number of hydrogen-bond acceptors (Lipinski definition) is 4. The fourth-order valence-electron chi connectivity index (χ4n) is 3.33. The number of rotatable bonds is 5. The first-order chi connectivity index (χ1) is 13.1. The SMILES string of the molecule is CCc1cc2c(=O)n(CC(=O)O)c(Cc3cccc4ccccc34)nc2s1. The summed E-state index contributed by atoms with van der Waals surface area (Å²) in [6.45, 7) is 1.64. The lowest BCUT2D eigenvalue weighted by Crippen LogP contribution is -2.28. The van der Waals surface area contributed by atoms with Gasteiger partial charge in [0.2, 0.25) is 0 Å². The van der Waals surface area contributed by atoms with Crippen molar-refractivity contribution in [2.45, 2.75) is 26.3 Å². The van der Waals surface area contributed by atoms with Gasteiger partial charge in [0.15, 0.2) is 0 Å². The summed E-state index contributed by atoms with van der Waals surface area (Å²) in [4.78, 5) is 30.7. The molecule has 0 unspecified atom stereocenters. The molecule has 136 valence electrons. The number of fused-ring (bicyclic) bond motifs is 2. The van der Waals surface area contributed by atoms with E-state index in [9.17, 15) is 14.7 Å². The highest BCUT2D eigenvalue weighted by molar-refractivity contribution is 7.18. The van der Waals surface area contributed by atoms with Crippen LogP contribution in [0.2, 0.25) is 0 Å². The van der Waals surface area contributed by atoms with E-state index < -0.39 is 5.97 Å². The van der Waals surface area contributed by atoms with E-state index in [2.05, 4.69) is 4.98 Å². The van der Waals surface area contributed by atoms with Gasteiger partial charge in [-0.3, -0.25) is 14.2 Å². The molecule has 0 atom stereocenters. The van der Waals surface area contributed by atoms with Crippen LogP contribution < -0.4 is 5.56 Å². The number of thiophene rings is 1. The molecule has 5 nitrogen and oxygen atoms in total. The zero-order chi connectivity index (χ0) is 19.0. The average molecular weight is 378 g/mol.